The molecule has 1 aliphatic rings. The number of nitrogens with one attached hydrogen (secondary N) is 1. The van der Waals surface area contributed by atoms with Gasteiger partial charge in [0.2, 0.25) is 0 Å². The van der Waals surface area contributed by atoms with E-state index in [1.54, 1.807) is 0 Å². The number of fused-ring (bicyclic) bond motifs is 1. The normalized spacial score (nSPS) is 14.9. The van der Waals surface area contributed by atoms with E-state index in [-0.39, 0.29) is 0 Å². The maximum atomic E-state index is 5.98. The number of hydrogen-bond acceptors (Lipinski definition) is 5. The smallest absolute Gasteiger partial charge is 0.109 e. The molecule has 8 heteroatoms. The molecule has 0 aliphatic carbocycles. The second-order valence-electron chi connectivity index (χ2n) is 7.29. The predicted molar refractivity (Wildman–Crippen MR) is 139 cm³/mol. The van der Waals surface area contributed by atoms with Crippen LogP contribution in [0.5, 0.6) is 0 Å². The summed E-state index contributed by atoms with van der Waals surface area (Å²) in [6, 6.07) is 10.1. The van der Waals surface area contributed by atoms with E-state index in [1.807, 2.05) is 47.4 Å². The van der Waals surface area contributed by atoms with Gasteiger partial charge in [-0.1, -0.05) is 48.2 Å². The number of thiocarbonyl (C=S) groups is 1. The number of benzene rings is 1. The zero-order valence-electron chi connectivity index (χ0n) is 16.8. The Morgan fingerprint density at radius 2 is 1.93 bits per heavy atom. The van der Waals surface area contributed by atoms with Crippen LogP contribution in [0, 0.1) is 4.51 Å². The largest absolute Gasteiger partial charge is 0.372 e. The van der Waals surface area contributed by atoms with Gasteiger partial charge in [-0.2, -0.15) is 11.8 Å². The van der Waals surface area contributed by atoms with Gasteiger partial charge >= 0.3 is 0 Å². The summed E-state index contributed by atoms with van der Waals surface area (Å²) < 4.78 is 3.12. The van der Waals surface area contributed by atoms with Crippen molar-refractivity contribution in [2.45, 2.75) is 26.6 Å². The standard InChI is InChI=1S/C22H24ClN3S4/c1-2-26-14-19(21(28)24-12-15-3-5-16(23)6-4-15)20(27)18-11-17(30-22(18)26)13-25-7-9-29-10-8-25/h3-6,11,14H,2,7-10,12-13H2,1H3,(H,24,28). The monoisotopic (exact) mass is 493 g/mol. The van der Waals surface area contributed by atoms with Crippen LogP contribution < -0.4 is 5.32 Å². The lowest BCUT2D eigenvalue weighted by Gasteiger charge is -2.25. The quantitative estimate of drug-likeness (QED) is 0.416. The first kappa shape index (κ1) is 22.2. The maximum absolute atomic E-state index is 5.98. The highest BCUT2D eigenvalue weighted by Crippen LogP contribution is 2.30. The number of halogens is 1. The highest BCUT2D eigenvalue weighted by atomic mass is 35.5. The first-order valence-corrected chi connectivity index (χ1v) is 13.2. The van der Waals surface area contributed by atoms with Gasteiger partial charge in [0, 0.05) is 71.3 Å². The molecule has 1 aliphatic heterocycles. The molecule has 3 heterocycles. The highest BCUT2D eigenvalue weighted by Gasteiger charge is 2.16. The van der Waals surface area contributed by atoms with Crippen LogP contribution in [-0.2, 0) is 19.6 Å². The van der Waals surface area contributed by atoms with Crippen LogP contribution >= 0.6 is 59.1 Å². The molecule has 4 rings (SSSR count). The van der Waals surface area contributed by atoms with Gasteiger partial charge in [0.1, 0.15) is 9.82 Å². The molecule has 3 nitrogen and oxygen atoms in total. The zero-order chi connectivity index (χ0) is 21.1. The van der Waals surface area contributed by atoms with E-state index in [4.69, 9.17) is 36.0 Å². The van der Waals surface area contributed by atoms with Gasteiger partial charge in [0.25, 0.3) is 0 Å². The third-order valence-electron chi connectivity index (χ3n) is 5.23. The summed E-state index contributed by atoms with van der Waals surface area (Å²) in [6.45, 7) is 7.04. The molecular formula is C22H24ClN3S4. The van der Waals surface area contributed by atoms with Crippen molar-refractivity contribution in [1.29, 1.82) is 0 Å². The van der Waals surface area contributed by atoms with Crippen molar-refractivity contribution < 1.29 is 0 Å². The number of hydrogen-bond donors (Lipinski definition) is 1. The van der Waals surface area contributed by atoms with E-state index in [9.17, 15) is 0 Å². The molecule has 2 aromatic heterocycles. The number of nitrogens with zero attached hydrogens (tertiary/aromatic N) is 2. The Morgan fingerprint density at radius 3 is 2.63 bits per heavy atom. The molecule has 1 aromatic carbocycles. The zero-order valence-corrected chi connectivity index (χ0v) is 20.8. The number of rotatable bonds is 6. The molecule has 0 amide bonds. The Kier molecular flexibility index (Phi) is 7.49. The van der Waals surface area contributed by atoms with E-state index in [2.05, 4.69) is 34.0 Å². The topological polar surface area (TPSA) is 20.2 Å². The van der Waals surface area contributed by atoms with Gasteiger partial charge in [-0.05, 0) is 30.7 Å². The lowest BCUT2D eigenvalue weighted by molar-refractivity contribution is 0.297. The van der Waals surface area contributed by atoms with Crippen LogP contribution in [0.2, 0.25) is 5.02 Å². The summed E-state index contributed by atoms with van der Waals surface area (Å²) in [5.74, 6) is 2.45. The second kappa shape index (κ2) is 10.1. The van der Waals surface area contributed by atoms with Gasteiger partial charge in [-0.15, -0.1) is 11.3 Å². The van der Waals surface area contributed by atoms with Crippen LogP contribution in [-0.4, -0.2) is 39.1 Å². The summed E-state index contributed by atoms with van der Waals surface area (Å²) in [5.41, 5.74) is 2.07. The second-order valence-corrected chi connectivity index (χ2v) is 10.9. The van der Waals surface area contributed by atoms with Crippen molar-refractivity contribution in [3.8, 4) is 0 Å². The minimum Gasteiger partial charge on any atom is -0.372 e. The molecule has 0 bridgehead atoms. The molecule has 0 spiro atoms. The van der Waals surface area contributed by atoms with Gasteiger partial charge < -0.3 is 9.88 Å². The average Bonchev–Trinajstić information content (AvgIpc) is 3.18. The Bertz CT molecular complexity index is 1100. The Hall–Kier alpha value is -0.960. The van der Waals surface area contributed by atoms with Crippen LogP contribution in [0.25, 0.3) is 10.2 Å². The molecule has 1 saturated heterocycles. The lowest BCUT2D eigenvalue weighted by atomic mass is 10.2. The van der Waals surface area contributed by atoms with Crippen molar-refractivity contribution >= 4 is 74.3 Å². The fourth-order valence-corrected chi connectivity index (χ4v) is 6.57. The first-order valence-electron chi connectivity index (χ1n) is 10.0. The van der Waals surface area contributed by atoms with Crippen molar-refractivity contribution in [1.82, 2.24) is 14.8 Å². The van der Waals surface area contributed by atoms with E-state index in [0.717, 1.165) is 52.2 Å². The molecule has 0 radical (unpaired) electrons. The number of pyridine rings is 1. The van der Waals surface area contributed by atoms with E-state index >= 15 is 0 Å². The summed E-state index contributed by atoms with van der Waals surface area (Å²) in [5, 5.41) is 5.25. The Balaban J connectivity index is 1.58. The van der Waals surface area contributed by atoms with Crippen molar-refractivity contribution in [3.05, 3.63) is 62.1 Å². The van der Waals surface area contributed by atoms with Crippen LogP contribution in [0.1, 0.15) is 22.9 Å². The average molecular weight is 494 g/mol. The minimum atomic E-state index is 0.650. The van der Waals surface area contributed by atoms with Gasteiger partial charge in [-0.3, -0.25) is 4.90 Å². The minimum absolute atomic E-state index is 0.650. The number of aromatic nitrogens is 1. The van der Waals surface area contributed by atoms with Crippen LogP contribution in [0.4, 0.5) is 0 Å². The van der Waals surface area contributed by atoms with Crippen molar-refractivity contribution in [3.63, 3.8) is 0 Å². The van der Waals surface area contributed by atoms with Gasteiger partial charge in [0.05, 0.1) is 4.51 Å². The molecule has 0 unspecified atom stereocenters. The Labute approximate surface area is 201 Å². The maximum Gasteiger partial charge on any atom is 0.109 e. The summed E-state index contributed by atoms with van der Waals surface area (Å²) in [6.07, 6.45) is 2.11. The highest BCUT2D eigenvalue weighted by molar-refractivity contribution is 7.99. The summed E-state index contributed by atoms with van der Waals surface area (Å²) in [7, 11) is 0. The molecule has 158 valence electrons. The molecule has 1 N–H and O–H groups in total. The van der Waals surface area contributed by atoms with E-state index in [0.29, 0.717) is 11.5 Å². The SMILES string of the molecule is CCn1cc(C(=S)NCc2ccc(Cl)cc2)c(=S)c2cc(CN3CCSCC3)sc21. The molecule has 0 saturated carbocycles. The third kappa shape index (κ3) is 5.09. The summed E-state index contributed by atoms with van der Waals surface area (Å²) >= 11 is 21.5. The Morgan fingerprint density at radius 1 is 1.20 bits per heavy atom. The lowest BCUT2D eigenvalue weighted by Crippen LogP contribution is -2.31. The molecule has 30 heavy (non-hydrogen) atoms. The van der Waals surface area contributed by atoms with Crippen LogP contribution in [0.15, 0.2) is 36.5 Å². The summed E-state index contributed by atoms with van der Waals surface area (Å²) in [4.78, 5) is 5.86. The van der Waals surface area contributed by atoms with Crippen LogP contribution in [0.3, 0.4) is 0 Å². The predicted octanol–water partition coefficient (Wildman–Crippen LogP) is 6.12. The fraction of sp³-hybridized carbons (Fsp3) is 0.364. The fourth-order valence-electron chi connectivity index (χ4n) is 3.56. The third-order valence-corrected chi connectivity index (χ3v) is 8.39. The van der Waals surface area contributed by atoms with Crippen molar-refractivity contribution in [2.75, 3.05) is 24.6 Å². The first-order chi connectivity index (χ1) is 14.5. The molecule has 1 fully saturated rings. The molecule has 0 atom stereocenters. The molecule has 3 aromatic rings. The number of thiophene rings is 1. The number of thioether (sulfide) groups is 1. The number of aryl methyl sites for hydroxylation is 1. The van der Waals surface area contributed by atoms with Crippen molar-refractivity contribution in [2.24, 2.45) is 0 Å². The van der Waals surface area contributed by atoms with E-state index < -0.39 is 0 Å². The van der Waals surface area contributed by atoms with E-state index in [1.165, 1.54) is 21.2 Å². The molecular weight excluding hydrogens is 470 g/mol. The van der Waals surface area contributed by atoms with Gasteiger partial charge in [0.15, 0.2) is 0 Å². The van der Waals surface area contributed by atoms with Gasteiger partial charge in [-0.25, -0.2) is 0 Å².